The lowest BCUT2D eigenvalue weighted by atomic mass is 10.2. The van der Waals surface area contributed by atoms with Gasteiger partial charge in [-0.1, -0.05) is 30.3 Å². The van der Waals surface area contributed by atoms with Gasteiger partial charge in [0.05, 0.1) is 17.7 Å². The maximum Gasteiger partial charge on any atom is 0.271 e. The van der Waals surface area contributed by atoms with Gasteiger partial charge >= 0.3 is 0 Å². The van der Waals surface area contributed by atoms with Gasteiger partial charge in [-0.3, -0.25) is 0 Å². The molecule has 0 radical (unpaired) electrons. The van der Waals surface area contributed by atoms with E-state index in [9.17, 15) is 8.42 Å². The highest BCUT2D eigenvalue weighted by Gasteiger charge is 2.38. The number of anilines is 1. The smallest absolute Gasteiger partial charge is 0.271 e. The third kappa shape index (κ3) is 2.89. The number of benzene rings is 2. The van der Waals surface area contributed by atoms with E-state index >= 15 is 0 Å². The number of H-pyrrole nitrogens is 1. The number of rotatable bonds is 4. The number of aromatic amines is 1. The molecule has 2 aromatic carbocycles. The van der Waals surface area contributed by atoms with Crippen molar-refractivity contribution in [1.29, 1.82) is 0 Å². The number of aromatic nitrogens is 4. The molecular formula is C20H16N6O3S. The minimum absolute atomic E-state index is 0.141. The first-order chi connectivity index (χ1) is 14.6. The Balaban J connectivity index is 1.64. The monoisotopic (exact) mass is 420 g/mol. The Morgan fingerprint density at radius 2 is 1.77 bits per heavy atom. The van der Waals surface area contributed by atoms with E-state index in [1.807, 2.05) is 6.07 Å². The molecule has 2 aromatic heterocycles. The van der Waals surface area contributed by atoms with Crippen LogP contribution in [0.1, 0.15) is 6.92 Å². The SMILES string of the molecule is CC(Oc1ncnc2nc[nH]c12)C1=Nc2ccccc2S(=O)(=O)N1c1ccccc1. The summed E-state index contributed by atoms with van der Waals surface area (Å²) in [7, 11) is -3.88. The van der Waals surface area contributed by atoms with Crippen LogP contribution >= 0.6 is 0 Å². The Kier molecular flexibility index (Phi) is 4.21. The quantitative estimate of drug-likeness (QED) is 0.543. The molecule has 1 N–H and O–H groups in total. The fourth-order valence-corrected chi connectivity index (χ4v) is 4.96. The van der Waals surface area contributed by atoms with Crippen molar-refractivity contribution in [3.8, 4) is 5.88 Å². The maximum absolute atomic E-state index is 13.5. The molecule has 1 unspecified atom stereocenters. The molecule has 0 aliphatic carbocycles. The molecule has 0 saturated heterocycles. The summed E-state index contributed by atoms with van der Waals surface area (Å²) < 4.78 is 34.2. The molecule has 4 aromatic rings. The molecule has 0 bridgehead atoms. The topological polar surface area (TPSA) is 113 Å². The zero-order valence-corrected chi connectivity index (χ0v) is 16.6. The fraction of sp³-hybridized carbons (Fsp3) is 0.100. The summed E-state index contributed by atoms with van der Waals surface area (Å²) in [6, 6.07) is 15.4. The first-order valence-electron chi connectivity index (χ1n) is 9.14. The van der Waals surface area contributed by atoms with E-state index < -0.39 is 16.1 Å². The Morgan fingerprint density at radius 3 is 2.60 bits per heavy atom. The van der Waals surface area contributed by atoms with E-state index in [4.69, 9.17) is 4.74 Å². The van der Waals surface area contributed by atoms with Gasteiger partial charge in [0.2, 0.25) is 5.88 Å². The van der Waals surface area contributed by atoms with Crippen molar-refractivity contribution in [3.05, 3.63) is 67.3 Å². The summed E-state index contributed by atoms with van der Waals surface area (Å²) in [4.78, 5) is 20.0. The molecule has 10 heteroatoms. The lowest BCUT2D eigenvalue weighted by Crippen LogP contribution is -2.46. The second-order valence-corrected chi connectivity index (χ2v) is 8.34. The Morgan fingerprint density at radius 1 is 1.00 bits per heavy atom. The lowest BCUT2D eigenvalue weighted by molar-refractivity contribution is 0.277. The molecule has 5 rings (SSSR count). The summed E-state index contributed by atoms with van der Waals surface area (Å²) in [5.41, 5.74) is 1.81. The minimum atomic E-state index is -3.88. The van der Waals surface area contributed by atoms with Gasteiger partial charge < -0.3 is 9.72 Å². The molecule has 1 aliphatic rings. The van der Waals surface area contributed by atoms with Crippen LogP contribution in [0.2, 0.25) is 0 Å². The maximum atomic E-state index is 13.5. The van der Waals surface area contributed by atoms with Crippen molar-refractivity contribution in [1.82, 2.24) is 19.9 Å². The van der Waals surface area contributed by atoms with Gasteiger partial charge in [0.15, 0.2) is 17.6 Å². The minimum Gasteiger partial charge on any atom is -0.465 e. The summed E-state index contributed by atoms with van der Waals surface area (Å²) in [6.45, 7) is 1.72. The van der Waals surface area contributed by atoms with Gasteiger partial charge in [0.25, 0.3) is 10.0 Å². The average Bonchev–Trinajstić information content (AvgIpc) is 3.24. The Bertz CT molecular complexity index is 1370. The molecule has 0 spiro atoms. The highest BCUT2D eigenvalue weighted by Crippen LogP contribution is 2.36. The van der Waals surface area contributed by atoms with Crippen LogP contribution in [-0.4, -0.2) is 40.3 Å². The molecule has 9 nitrogen and oxygen atoms in total. The number of imidazole rings is 1. The zero-order chi connectivity index (χ0) is 20.7. The van der Waals surface area contributed by atoms with Crippen LogP contribution in [0.25, 0.3) is 11.2 Å². The summed E-state index contributed by atoms with van der Waals surface area (Å²) in [6.07, 6.45) is 2.09. The molecule has 1 aliphatic heterocycles. The van der Waals surface area contributed by atoms with Gasteiger partial charge in [0.1, 0.15) is 16.7 Å². The standard InChI is InChI=1S/C20H16N6O3S/c1-13(29-20-17-18(22-11-21-17)23-12-24-20)19-25-15-9-5-6-10-16(15)30(27,28)26(19)14-7-3-2-4-8-14/h2-13H,1H3,(H,21,22,23,24). The van der Waals surface area contributed by atoms with E-state index in [0.717, 1.165) is 0 Å². The number of ether oxygens (including phenoxy) is 1. The summed E-state index contributed by atoms with van der Waals surface area (Å²) >= 11 is 0. The van der Waals surface area contributed by atoms with Gasteiger partial charge in [-0.25, -0.2) is 27.7 Å². The number of amidine groups is 1. The summed E-state index contributed by atoms with van der Waals surface area (Å²) in [5, 5.41) is 0. The van der Waals surface area contributed by atoms with Gasteiger partial charge in [-0.15, -0.1) is 0 Å². The number of aliphatic imine (C=N–C) groups is 1. The van der Waals surface area contributed by atoms with Gasteiger partial charge in [-0.05, 0) is 31.2 Å². The highest BCUT2D eigenvalue weighted by atomic mass is 32.2. The summed E-state index contributed by atoms with van der Waals surface area (Å²) in [5.74, 6) is 0.489. The molecular weight excluding hydrogens is 404 g/mol. The van der Waals surface area contributed by atoms with Crippen LogP contribution in [0.5, 0.6) is 5.88 Å². The molecule has 30 heavy (non-hydrogen) atoms. The van der Waals surface area contributed by atoms with Crippen molar-refractivity contribution in [2.75, 3.05) is 4.31 Å². The third-order valence-corrected chi connectivity index (χ3v) is 6.44. The lowest BCUT2D eigenvalue weighted by Gasteiger charge is -2.32. The number of para-hydroxylation sites is 2. The molecule has 0 saturated carbocycles. The first-order valence-corrected chi connectivity index (χ1v) is 10.6. The number of hydrogen-bond acceptors (Lipinski definition) is 7. The highest BCUT2D eigenvalue weighted by molar-refractivity contribution is 7.93. The Labute approximate surface area is 172 Å². The molecule has 0 fully saturated rings. The largest absolute Gasteiger partial charge is 0.465 e. The van der Waals surface area contributed by atoms with Gasteiger partial charge in [0, 0.05) is 0 Å². The Hall–Kier alpha value is -3.79. The number of nitrogens with zero attached hydrogens (tertiary/aromatic N) is 5. The van der Waals surface area contributed by atoms with E-state index in [-0.39, 0.29) is 16.6 Å². The number of nitrogens with one attached hydrogen (secondary N) is 1. The van der Waals surface area contributed by atoms with Gasteiger partial charge in [-0.2, -0.15) is 4.98 Å². The van der Waals surface area contributed by atoms with Crippen molar-refractivity contribution >= 4 is 38.4 Å². The van der Waals surface area contributed by atoms with Crippen LogP contribution in [-0.2, 0) is 10.0 Å². The van der Waals surface area contributed by atoms with E-state index in [2.05, 4.69) is 24.9 Å². The van der Waals surface area contributed by atoms with Crippen LogP contribution in [0.15, 0.2) is 77.1 Å². The average molecular weight is 420 g/mol. The van der Waals surface area contributed by atoms with Crippen molar-refractivity contribution in [3.63, 3.8) is 0 Å². The van der Waals surface area contributed by atoms with Crippen molar-refractivity contribution in [2.24, 2.45) is 4.99 Å². The van der Waals surface area contributed by atoms with Crippen molar-refractivity contribution < 1.29 is 13.2 Å². The first kappa shape index (κ1) is 18.3. The van der Waals surface area contributed by atoms with Crippen LogP contribution in [0.4, 0.5) is 11.4 Å². The van der Waals surface area contributed by atoms with Crippen LogP contribution in [0.3, 0.4) is 0 Å². The van der Waals surface area contributed by atoms with Crippen molar-refractivity contribution in [2.45, 2.75) is 17.9 Å². The predicted molar refractivity (Wildman–Crippen MR) is 111 cm³/mol. The third-order valence-electron chi connectivity index (χ3n) is 4.66. The second kappa shape index (κ2) is 6.92. The number of hydrogen-bond donors (Lipinski definition) is 1. The fourth-order valence-electron chi connectivity index (χ4n) is 3.30. The van der Waals surface area contributed by atoms with E-state index in [1.54, 1.807) is 55.5 Å². The van der Waals surface area contributed by atoms with E-state index in [1.165, 1.54) is 17.0 Å². The normalized spacial score (nSPS) is 16.0. The second-order valence-electron chi connectivity index (χ2n) is 6.58. The van der Waals surface area contributed by atoms with E-state index in [0.29, 0.717) is 22.5 Å². The number of sulfonamides is 1. The molecule has 3 heterocycles. The predicted octanol–water partition coefficient (Wildman–Crippen LogP) is 3.06. The van der Waals surface area contributed by atoms with Crippen LogP contribution < -0.4 is 9.04 Å². The molecule has 1 atom stereocenters. The number of fused-ring (bicyclic) bond motifs is 2. The zero-order valence-electron chi connectivity index (χ0n) is 15.8. The molecule has 0 amide bonds. The van der Waals surface area contributed by atoms with Crippen LogP contribution in [0, 0.1) is 0 Å². The molecule has 150 valence electrons.